The number of anilines is 1. The zero-order valence-corrected chi connectivity index (χ0v) is 17.8. The van der Waals surface area contributed by atoms with Crippen LogP contribution in [0.25, 0.3) is 11.0 Å². The largest absolute Gasteiger partial charge is 0.511 e. The number of hydrogen-bond donors (Lipinski definition) is 1. The van der Waals surface area contributed by atoms with E-state index in [1.807, 2.05) is 0 Å². The summed E-state index contributed by atoms with van der Waals surface area (Å²) in [5.41, 5.74) is -4.89. The summed E-state index contributed by atoms with van der Waals surface area (Å²) in [6.45, 7) is 1.64. The van der Waals surface area contributed by atoms with Crippen molar-refractivity contribution < 1.29 is 21.6 Å². The van der Waals surface area contributed by atoms with Gasteiger partial charge in [-0.1, -0.05) is 13.3 Å². The first-order valence-corrected chi connectivity index (χ1v) is 11.7. The molecule has 1 aliphatic heterocycles. The molecule has 170 valence electrons. The zero-order chi connectivity index (χ0) is 22.4. The summed E-state index contributed by atoms with van der Waals surface area (Å²) in [7, 11) is -5.31. The molecule has 3 heterocycles. The average Bonchev–Trinajstić information content (AvgIpc) is 3.13. The van der Waals surface area contributed by atoms with E-state index in [2.05, 4.69) is 22.2 Å². The fraction of sp³-hybridized carbons (Fsp3) is 0.632. The van der Waals surface area contributed by atoms with Crippen molar-refractivity contribution in [2.24, 2.45) is 5.92 Å². The van der Waals surface area contributed by atoms with E-state index in [1.54, 1.807) is 16.8 Å². The van der Waals surface area contributed by atoms with Crippen LogP contribution in [0.5, 0.6) is 0 Å². The van der Waals surface area contributed by atoms with Crippen molar-refractivity contribution in [3.63, 3.8) is 0 Å². The molecule has 0 bridgehead atoms. The van der Waals surface area contributed by atoms with Crippen LogP contribution in [-0.2, 0) is 10.0 Å². The molecule has 1 saturated heterocycles. The van der Waals surface area contributed by atoms with E-state index in [0.29, 0.717) is 15.9 Å². The number of piperidine rings is 1. The highest BCUT2D eigenvalue weighted by Gasteiger charge is 2.50. The van der Waals surface area contributed by atoms with E-state index in [0.717, 1.165) is 24.6 Å². The highest BCUT2D eigenvalue weighted by atomic mass is 32.2. The lowest BCUT2D eigenvalue weighted by Crippen LogP contribution is -2.47. The molecule has 2 aliphatic rings. The Morgan fingerprint density at radius 3 is 2.45 bits per heavy atom. The van der Waals surface area contributed by atoms with Crippen LogP contribution in [0.15, 0.2) is 23.1 Å². The van der Waals surface area contributed by atoms with Gasteiger partial charge in [0.2, 0.25) is 5.95 Å². The number of pyridine rings is 1. The van der Waals surface area contributed by atoms with Crippen LogP contribution in [-0.4, -0.2) is 51.9 Å². The molecule has 0 aromatic carbocycles. The van der Waals surface area contributed by atoms with Gasteiger partial charge in [0, 0.05) is 42.8 Å². The number of rotatable bonds is 4. The number of sulfonamides is 1. The Morgan fingerprint density at radius 2 is 1.84 bits per heavy atom. The van der Waals surface area contributed by atoms with Gasteiger partial charge >= 0.3 is 15.5 Å². The van der Waals surface area contributed by atoms with Crippen LogP contribution in [0.4, 0.5) is 19.1 Å². The lowest BCUT2D eigenvalue weighted by atomic mass is 10.1. The predicted molar refractivity (Wildman–Crippen MR) is 109 cm³/mol. The minimum atomic E-state index is -5.31. The molecule has 0 amide bonds. The second-order valence-corrected chi connectivity index (χ2v) is 10.2. The highest BCUT2D eigenvalue weighted by molar-refractivity contribution is 7.90. The van der Waals surface area contributed by atoms with Gasteiger partial charge in [-0.05, 0) is 37.7 Å². The predicted octanol–water partition coefficient (Wildman–Crippen LogP) is 2.88. The van der Waals surface area contributed by atoms with Gasteiger partial charge in [0.05, 0.1) is 0 Å². The van der Waals surface area contributed by atoms with Crippen LogP contribution in [0, 0.1) is 5.92 Å². The van der Waals surface area contributed by atoms with Gasteiger partial charge in [-0.3, -0.25) is 9.36 Å². The number of alkyl halides is 3. The second-order valence-electron chi connectivity index (χ2n) is 8.26. The third-order valence-electron chi connectivity index (χ3n) is 6.23. The fourth-order valence-electron chi connectivity index (χ4n) is 4.51. The van der Waals surface area contributed by atoms with Crippen LogP contribution < -0.4 is 10.9 Å². The lowest BCUT2D eigenvalue weighted by molar-refractivity contribution is -0.0494. The number of nitrogens with one attached hydrogen (secondary N) is 1. The molecule has 2 atom stereocenters. The Kier molecular flexibility index (Phi) is 5.71. The van der Waals surface area contributed by atoms with E-state index >= 15 is 0 Å². The molecule has 4 rings (SSSR count). The Labute approximate surface area is 177 Å². The summed E-state index contributed by atoms with van der Waals surface area (Å²) in [5.74, 6) is 0.629. The van der Waals surface area contributed by atoms with E-state index in [4.69, 9.17) is 0 Å². The Bertz CT molecular complexity index is 1130. The normalized spacial score (nSPS) is 24.0. The summed E-state index contributed by atoms with van der Waals surface area (Å²) < 4.78 is 63.5. The highest BCUT2D eigenvalue weighted by Crippen LogP contribution is 2.36. The maximum absolute atomic E-state index is 12.7. The van der Waals surface area contributed by atoms with Crippen molar-refractivity contribution in [2.75, 3.05) is 18.4 Å². The fourth-order valence-corrected chi connectivity index (χ4v) is 5.49. The second kappa shape index (κ2) is 8.05. The SMILES string of the molecule is C[C@H]1CCC[C@H]1n1c(=O)ccc2cnc(NC3CCN(S(=O)(=O)C(F)(F)F)CC3)nc21. The Hall–Kier alpha value is -2.21. The summed E-state index contributed by atoms with van der Waals surface area (Å²) >= 11 is 0. The number of hydrogen-bond acceptors (Lipinski definition) is 6. The molecule has 0 unspecified atom stereocenters. The van der Waals surface area contributed by atoms with E-state index in [-0.39, 0.29) is 49.5 Å². The van der Waals surface area contributed by atoms with Crippen molar-refractivity contribution in [1.29, 1.82) is 0 Å². The van der Waals surface area contributed by atoms with Crippen molar-refractivity contribution in [3.8, 4) is 0 Å². The number of nitrogens with zero attached hydrogens (tertiary/aromatic N) is 4. The smallest absolute Gasteiger partial charge is 0.351 e. The third kappa shape index (κ3) is 4.14. The quantitative estimate of drug-likeness (QED) is 0.755. The molecule has 2 aromatic heterocycles. The van der Waals surface area contributed by atoms with Crippen molar-refractivity contribution in [3.05, 3.63) is 28.7 Å². The van der Waals surface area contributed by atoms with E-state index in [1.165, 1.54) is 6.07 Å². The first kappa shape index (κ1) is 22.0. The molecular weight excluding hydrogens is 435 g/mol. The monoisotopic (exact) mass is 459 g/mol. The van der Waals surface area contributed by atoms with Gasteiger partial charge in [0.15, 0.2) is 0 Å². The van der Waals surface area contributed by atoms with Gasteiger partial charge in [-0.25, -0.2) is 13.4 Å². The van der Waals surface area contributed by atoms with Crippen LogP contribution >= 0.6 is 0 Å². The molecular formula is C19H24F3N5O3S. The minimum Gasteiger partial charge on any atom is -0.351 e. The minimum absolute atomic E-state index is 0.0646. The molecule has 12 heteroatoms. The molecule has 8 nitrogen and oxygen atoms in total. The molecule has 1 saturated carbocycles. The number of fused-ring (bicyclic) bond motifs is 1. The first-order valence-electron chi connectivity index (χ1n) is 10.3. The maximum Gasteiger partial charge on any atom is 0.511 e. The van der Waals surface area contributed by atoms with Crippen molar-refractivity contribution in [1.82, 2.24) is 18.8 Å². The van der Waals surface area contributed by atoms with Crippen LogP contribution in [0.3, 0.4) is 0 Å². The van der Waals surface area contributed by atoms with Crippen LogP contribution in [0.2, 0.25) is 0 Å². The van der Waals surface area contributed by atoms with Gasteiger partial charge in [0.25, 0.3) is 5.56 Å². The zero-order valence-electron chi connectivity index (χ0n) is 17.0. The average molecular weight is 459 g/mol. The van der Waals surface area contributed by atoms with Gasteiger partial charge in [0.1, 0.15) is 5.65 Å². The van der Waals surface area contributed by atoms with E-state index < -0.39 is 15.5 Å². The number of aromatic nitrogens is 3. The lowest BCUT2D eigenvalue weighted by Gasteiger charge is -2.31. The summed E-state index contributed by atoms with van der Waals surface area (Å²) in [4.78, 5) is 21.4. The van der Waals surface area contributed by atoms with Gasteiger partial charge < -0.3 is 5.32 Å². The summed E-state index contributed by atoms with van der Waals surface area (Å²) in [5, 5.41) is 3.82. The third-order valence-corrected chi connectivity index (χ3v) is 7.86. The van der Waals surface area contributed by atoms with Crippen molar-refractivity contribution in [2.45, 2.75) is 56.6 Å². The topological polar surface area (TPSA) is 97.2 Å². The summed E-state index contributed by atoms with van der Waals surface area (Å²) in [6.07, 6.45) is 4.99. The van der Waals surface area contributed by atoms with Gasteiger partial charge in [-0.15, -0.1) is 0 Å². The summed E-state index contributed by atoms with van der Waals surface area (Å²) in [6, 6.07) is 2.99. The molecule has 0 spiro atoms. The maximum atomic E-state index is 12.7. The molecule has 2 aromatic rings. The van der Waals surface area contributed by atoms with Gasteiger partial charge in [-0.2, -0.15) is 22.5 Å². The van der Waals surface area contributed by atoms with E-state index in [9.17, 15) is 26.4 Å². The number of halogens is 3. The molecule has 0 radical (unpaired) electrons. The molecule has 31 heavy (non-hydrogen) atoms. The standard InChI is InChI=1S/C19H24F3N5O3S/c1-12-3-2-4-15(12)27-16(28)6-5-13-11-23-18(25-17(13)27)24-14-7-9-26(10-8-14)31(29,30)19(20,21)22/h5-6,11-12,14-15H,2-4,7-10H2,1H3,(H,23,24,25)/t12-,15+/m0/s1. The van der Waals surface area contributed by atoms with Crippen molar-refractivity contribution >= 4 is 27.0 Å². The first-order chi connectivity index (χ1) is 14.6. The Morgan fingerprint density at radius 1 is 1.13 bits per heavy atom. The molecule has 1 aliphatic carbocycles. The molecule has 2 fully saturated rings. The molecule has 1 N–H and O–H groups in total. The Balaban J connectivity index is 1.53. The van der Waals surface area contributed by atoms with Crippen LogP contribution in [0.1, 0.15) is 45.1 Å².